The maximum Gasteiger partial charge on any atom is 0.244 e. The summed E-state index contributed by atoms with van der Waals surface area (Å²) in [5.74, 6) is -0.832. The molecule has 1 heterocycles. The Hall–Kier alpha value is -2.43. The van der Waals surface area contributed by atoms with E-state index < -0.39 is 0 Å². The molecule has 2 aliphatic carbocycles. The molecule has 0 radical (unpaired) electrons. The number of benzene rings is 1. The Morgan fingerprint density at radius 3 is 2.38 bits per heavy atom. The van der Waals surface area contributed by atoms with Crippen LogP contribution in [0.2, 0.25) is 0 Å². The van der Waals surface area contributed by atoms with Gasteiger partial charge in [-0.15, -0.1) is 0 Å². The highest BCUT2D eigenvalue weighted by atomic mass is 16.2. The minimum atomic E-state index is -0.321. The number of hydrogen-bond donors (Lipinski definition) is 1. The van der Waals surface area contributed by atoms with Gasteiger partial charge in [0, 0.05) is 5.69 Å². The number of hydrogen-bond acceptors (Lipinski definition) is 3. The minimum Gasteiger partial charge on any atom is -0.324 e. The van der Waals surface area contributed by atoms with Crippen molar-refractivity contribution in [2.24, 2.45) is 23.7 Å². The fourth-order valence-electron chi connectivity index (χ4n) is 4.40. The largest absolute Gasteiger partial charge is 0.324 e. The first-order valence-electron chi connectivity index (χ1n) is 8.51. The molecule has 1 saturated heterocycles. The molecule has 1 saturated carbocycles. The predicted molar refractivity (Wildman–Crippen MR) is 88.9 cm³/mol. The average molecular weight is 324 g/mol. The zero-order valence-electron chi connectivity index (χ0n) is 13.6. The number of amides is 3. The number of aryl methyl sites for hydroxylation is 1. The monoisotopic (exact) mass is 324 g/mol. The number of nitrogens with one attached hydrogen (secondary N) is 1. The van der Waals surface area contributed by atoms with Gasteiger partial charge in [0.25, 0.3) is 0 Å². The third-order valence-corrected chi connectivity index (χ3v) is 5.54. The molecule has 1 aromatic rings. The molecule has 3 aliphatic rings. The van der Waals surface area contributed by atoms with Crippen LogP contribution in [0.15, 0.2) is 36.4 Å². The van der Waals surface area contributed by atoms with Gasteiger partial charge in [-0.25, -0.2) is 0 Å². The highest BCUT2D eigenvalue weighted by molar-refractivity contribution is 6.09. The van der Waals surface area contributed by atoms with Crippen LogP contribution in [0, 0.1) is 23.7 Å². The van der Waals surface area contributed by atoms with Crippen molar-refractivity contribution in [2.75, 3.05) is 11.9 Å². The summed E-state index contributed by atoms with van der Waals surface area (Å²) in [4.78, 5) is 38.7. The van der Waals surface area contributed by atoms with E-state index in [-0.39, 0.29) is 47.9 Å². The lowest BCUT2D eigenvalue weighted by molar-refractivity contribution is -0.143. The van der Waals surface area contributed by atoms with Crippen molar-refractivity contribution in [3.05, 3.63) is 42.0 Å². The topological polar surface area (TPSA) is 66.5 Å². The van der Waals surface area contributed by atoms with Crippen LogP contribution < -0.4 is 5.32 Å². The minimum absolute atomic E-state index is 0.172. The third kappa shape index (κ3) is 2.19. The number of likely N-dealkylation sites (tertiary alicyclic amines) is 1. The van der Waals surface area contributed by atoms with Gasteiger partial charge in [-0.2, -0.15) is 0 Å². The zero-order chi connectivity index (χ0) is 16.8. The van der Waals surface area contributed by atoms with Crippen LogP contribution >= 0.6 is 0 Å². The lowest BCUT2D eigenvalue weighted by Gasteiger charge is -2.17. The number of allylic oxidation sites excluding steroid dienone is 2. The number of imide groups is 1. The quantitative estimate of drug-likeness (QED) is 0.680. The first-order chi connectivity index (χ1) is 11.6. The second-order valence-electron chi connectivity index (χ2n) is 6.82. The van der Waals surface area contributed by atoms with Gasteiger partial charge in [-0.3, -0.25) is 19.3 Å². The van der Waals surface area contributed by atoms with Crippen molar-refractivity contribution in [2.45, 2.75) is 19.8 Å². The Kier molecular flexibility index (Phi) is 3.52. The van der Waals surface area contributed by atoms with Gasteiger partial charge in [0.2, 0.25) is 17.7 Å². The number of nitrogens with zero attached hydrogens (tertiary/aromatic N) is 1. The lowest BCUT2D eigenvalue weighted by Crippen LogP contribution is -2.39. The van der Waals surface area contributed by atoms with E-state index in [1.807, 2.05) is 31.2 Å². The Balaban J connectivity index is 1.47. The van der Waals surface area contributed by atoms with E-state index in [1.54, 1.807) is 0 Å². The van der Waals surface area contributed by atoms with E-state index in [0.717, 1.165) is 29.0 Å². The van der Waals surface area contributed by atoms with Crippen molar-refractivity contribution in [3.63, 3.8) is 0 Å². The Bertz CT molecular complexity index is 725. The predicted octanol–water partition coefficient (Wildman–Crippen LogP) is 1.99. The van der Waals surface area contributed by atoms with Gasteiger partial charge >= 0.3 is 0 Å². The molecule has 0 aromatic heterocycles. The lowest BCUT2D eigenvalue weighted by atomic mass is 9.85. The smallest absolute Gasteiger partial charge is 0.244 e. The van der Waals surface area contributed by atoms with E-state index in [0.29, 0.717) is 0 Å². The van der Waals surface area contributed by atoms with E-state index in [4.69, 9.17) is 0 Å². The van der Waals surface area contributed by atoms with Crippen molar-refractivity contribution < 1.29 is 14.4 Å². The highest BCUT2D eigenvalue weighted by Gasteiger charge is 2.59. The van der Waals surface area contributed by atoms with Gasteiger partial charge in [0.05, 0.1) is 11.8 Å². The summed E-state index contributed by atoms with van der Waals surface area (Å²) in [7, 11) is 0. The molecular weight excluding hydrogens is 304 g/mol. The van der Waals surface area contributed by atoms with Gasteiger partial charge < -0.3 is 5.32 Å². The summed E-state index contributed by atoms with van der Waals surface area (Å²) in [6, 6.07) is 7.57. The maximum absolute atomic E-state index is 12.6. The number of carbonyl (C=O) groups excluding carboxylic acids is 3. The number of para-hydroxylation sites is 1. The van der Waals surface area contributed by atoms with Crippen LogP contribution in [0.25, 0.3) is 0 Å². The molecule has 0 spiro atoms. The van der Waals surface area contributed by atoms with Crippen molar-refractivity contribution in [1.29, 1.82) is 0 Å². The zero-order valence-corrected chi connectivity index (χ0v) is 13.6. The van der Waals surface area contributed by atoms with E-state index >= 15 is 0 Å². The number of anilines is 1. The summed E-state index contributed by atoms with van der Waals surface area (Å²) in [5, 5.41) is 2.83. The second kappa shape index (κ2) is 5.58. The molecule has 124 valence electrons. The number of carbonyl (C=O) groups is 3. The third-order valence-electron chi connectivity index (χ3n) is 5.54. The molecule has 5 nitrogen and oxygen atoms in total. The second-order valence-corrected chi connectivity index (χ2v) is 6.82. The molecule has 0 unspecified atom stereocenters. The van der Waals surface area contributed by atoms with E-state index in [9.17, 15) is 14.4 Å². The number of rotatable bonds is 4. The molecule has 4 rings (SSSR count). The molecule has 3 amide bonds. The fourth-order valence-corrected chi connectivity index (χ4v) is 4.40. The molecule has 24 heavy (non-hydrogen) atoms. The van der Waals surface area contributed by atoms with Gasteiger partial charge in [0.1, 0.15) is 6.54 Å². The molecule has 2 fully saturated rings. The van der Waals surface area contributed by atoms with Crippen LogP contribution in [0.3, 0.4) is 0 Å². The summed E-state index contributed by atoms with van der Waals surface area (Å²) >= 11 is 0. The first-order valence-corrected chi connectivity index (χ1v) is 8.51. The first kappa shape index (κ1) is 15.1. The van der Waals surface area contributed by atoms with E-state index in [1.165, 1.54) is 0 Å². The van der Waals surface area contributed by atoms with Crippen LogP contribution in [0.4, 0.5) is 5.69 Å². The normalized spacial score (nSPS) is 30.1. The molecule has 4 atom stereocenters. The van der Waals surface area contributed by atoms with Crippen molar-refractivity contribution in [3.8, 4) is 0 Å². The molecule has 1 aliphatic heterocycles. The average Bonchev–Trinajstić information content (AvgIpc) is 3.25. The van der Waals surface area contributed by atoms with Gasteiger partial charge in [-0.1, -0.05) is 37.3 Å². The summed E-state index contributed by atoms with van der Waals surface area (Å²) in [6.45, 7) is 1.82. The highest BCUT2D eigenvalue weighted by Crippen LogP contribution is 2.52. The van der Waals surface area contributed by atoms with Crippen molar-refractivity contribution in [1.82, 2.24) is 4.90 Å². The number of fused-ring (bicyclic) bond motifs is 5. The van der Waals surface area contributed by atoms with Gasteiger partial charge in [-0.05, 0) is 36.3 Å². The van der Waals surface area contributed by atoms with Crippen molar-refractivity contribution >= 4 is 23.4 Å². The summed E-state index contributed by atoms with van der Waals surface area (Å²) < 4.78 is 0. The van der Waals surface area contributed by atoms with Crippen LogP contribution in [0.5, 0.6) is 0 Å². The van der Waals surface area contributed by atoms with E-state index in [2.05, 4.69) is 17.5 Å². The van der Waals surface area contributed by atoms with Gasteiger partial charge in [0.15, 0.2) is 0 Å². The van der Waals surface area contributed by atoms with Crippen LogP contribution in [-0.4, -0.2) is 29.2 Å². The Morgan fingerprint density at radius 1 is 1.12 bits per heavy atom. The fraction of sp³-hybridized carbons (Fsp3) is 0.421. The Labute approximate surface area is 140 Å². The van der Waals surface area contributed by atoms with Crippen LogP contribution in [0.1, 0.15) is 18.9 Å². The maximum atomic E-state index is 12.6. The Morgan fingerprint density at radius 2 is 1.75 bits per heavy atom. The molecule has 1 aromatic carbocycles. The summed E-state index contributed by atoms with van der Waals surface area (Å²) in [5.41, 5.74) is 1.77. The molecule has 2 bridgehead atoms. The molecular formula is C19H20N2O3. The molecule has 5 heteroatoms. The molecule has 1 N–H and O–H groups in total. The summed E-state index contributed by atoms with van der Waals surface area (Å²) in [6.07, 6.45) is 5.81. The van der Waals surface area contributed by atoms with Crippen LogP contribution in [-0.2, 0) is 20.8 Å². The standard InChI is InChI=1S/C19H20N2O3/c1-2-11-5-3-4-6-14(11)20-15(22)10-21-18(23)16-12-7-8-13(9-12)17(16)19(21)24/h3-8,12-13,16-17H,2,9-10H2,1H3,(H,20,22)/t12-,13+,16+,17-. The SMILES string of the molecule is CCc1ccccc1NC(=O)CN1C(=O)[C@@H]2[C@H](C1=O)[C@H]1C=C[C@@H]2C1.